The third-order valence-electron chi connectivity index (χ3n) is 2.86. The molecule has 108 valence electrons. The summed E-state index contributed by atoms with van der Waals surface area (Å²) in [6.45, 7) is 9.17. The molecule has 2 aromatic rings. The fourth-order valence-electron chi connectivity index (χ4n) is 1.76. The van der Waals surface area contributed by atoms with E-state index in [1.54, 1.807) is 0 Å². The Kier molecular flexibility index (Phi) is 5.09. The molecular formula is C14H20IN5. The summed E-state index contributed by atoms with van der Waals surface area (Å²) in [5.41, 5.74) is 1.92. The summed E-state index contributed by atoms with van der Waals surface area (Å²) >= 11 is 2.25. The van der Waals surface area contributed by atoms with Crippen molar-refractivity contribution in [3.63, 3.8) is 0 Å². The third kappa shape index (κ3) is 3.76. The van der Waals surface area contributed by atoms with Crippen LogP contribution in [-0.4, -0.2) is 25.8 Å². The second kappa shape index (κ2) is 6.62. The van der Waals surface area contributed by atoms with Gasteiger partial charge in [-0.3, -0.25) is 0 Å². The lowest BCUT2D eigenvalue weighted by atomic mass is 10.2. The summed E-state index contributed by atoms with van der Waals surface area (Å²) in [6.07, 6.45) is 5.67. The lowest BCUT2D eigenvalue weighted by molar-refractivity contribution is 0.573. The Hall–Kier alpha value is -1.02. The first-order chi connectivity index (χ1) is 9.47. The van der Waals surface area contributed by atoms with E-state index in [0.29, 0.717) is 18.5 Å². The van der Waals surface area contributed by atoms with Crippen LogP contribution in [0.2, 0.25) is 0 Å². The molecule has 0 bridgehead atoms. The quantitative estimate of drug-likeness (QED) is 0.805. The van der Waals surface area contributed by atoms with Gasteiger partial charge < -0.3 is 5.32 Å². The molecule has 0 saturated carbocycles. The van der Waals surface area contributed by atoms with Crippen LogP contribution in [-0.2, 0) is 6.54 Å². The highest BCUT2D eigenvalue weighted by atomic mass is 127. The highest BCUT2D eigenvalue weighted by Crippen LogP contribution is 2.16. The summed E-state index contributed by atoms with van der Waals surface area (Å²) in [5.74, 6) is 1.19. The van der Waals surface area contributed by atoms with E-state index >= 15 is 0 Å². The fourth-order valence-corrected chi connectivity index (χ4v) is 2.15. The molecule has 0 atom stereocenters. The van der Waals surface area contributed by atoms with Crippen molar-refractivity contribution < 1.29 is 0 Å². The van der Waals surface area contributed by atoms with E-state index in [-0.39, 0.29) is 0 Å². The van der Waals surface area contributed by atoms with Crippen molar-refractivity contribution in [2.45, 2.75) is 46.2 Å². The van der Waals surface area contributed by atoms with Crippen LogP contribution in [0.25, 0.3) is 5.69 Å². The van der Waals surface area contributed by atoms with Crippen LogP contribution >= 0.6 is 22.6 Å². The van der Waals surface area contributed by atoms with E-state index < -0.39 is 0 Å². The van der Waals surface area contributed by atoms with E-state index in [2.05, 4.69) is 65.7 Å². The first-order valence-electron chi connectivity index (χ1n) is 6.77. The molecule has 5 nitrogen and oxygen atoms in total. The van der Waals surface area contributed by atoms with Gasteiger partial charge in [0, 0.05) is 24.7 Å². The minimum absolute atomic E-state index is 0.319. The number of hydrogen-bond acceptors (Lipinski definition) is 4. The molecule has 0 aromatic carbocycles. The number of aromatic nitrogens is 4. The molecule has 0 unspecified atom stereocenters. The zero-order valence-corrected chi connectivity index (χ0v) is 14.4. The first kappa shape index (κ1) is 15.4. The van der Waals surface area contributed by atoms with Crippen LogP contribution in [0.4, 0.5) is 0 Å². The third-order valence-corrected chi connectivity index (χ3v) is 3.41. The van der Waals surface area contributed by atoms with Crippen molar-refractivity contribution in [3.05, 3.63) is 33.7 Å². The molecule has 0 saturated heterocycles. The summed E-state index contributed by atoms with van der Waals surface area (Å²) in [5, 5.41) is 7.76. The maximum Gasteiger partial charge on any atom is 0.131 e. The molecule has 0 radical (unpaired) electrons. The maximum atomic E-state index is 4.69. The smallest absolute Gasteiger partial charge is 0.131 e. The molecule has 0 aliphatic carbocycles. The number of halogens is 1. The predicted molar refractivity (Wildman–Crippen MR) is 87.9 cm³/mol. The monoisotopic (exact) mass is 385 g/mol. The van der Waals surface area contributed by atoms with Crippen molar-refractivity contribution in [2.24, 2.45) is 0 Å². The Morgan fingerprint density at radius 1 is 1.25 bits per heavy atom. The van der Waals surface area contributed by atoms with Gasteiger partial charge in [-0.15, -0.1) is 0 Å². The molecule has 0 amide bonds. The molecular weight excluding hydrogens is 365 g/mol. The minimum Gasteiger partial charge on any atom is -0.309 e. The summed E-state index contributed by atoms with van der Waals surface area (Å²) in [7, 11) is 0. The highest BCUT2D eigenvalue weighted by Gasteiger charge is 2.12. The highest BCUT2D eigenvalue weighted by molar-refractivity contribution is 14.1. The van der Waals surface area contributed by atoms with E-state index in [9.17, 15) is 0 Å². The number of nitrogens with zero attached hydrogens (tertiary/aromatic N) is 4. The molecule has 2 aromatic heterocycles. The topological polar surface area (TPSA) is 55.6 Å². The van der Waals surface area contributed by atoms with Crippen LogP contribution in [0.15, 0.2) is 18.6 Å². The van der Waals surface area contributed by atoms with Crippen LogP contribution < -0.4 is 5.32 Å². The van der Waals surface area contributed by atoms with Gasteiger partial charge in [0.15, 0.2) is 0 Å². The second-order valence-electron chi connectivity index (χ2n) is 5.35. The van der Waals surface area contributed by atoms with E-state index in [4.69, 9.17) is 4.98 Å². The van der Waals surface area contributed by atoms with Gasteiger partial charge in [-0.25, -0.2) is 14.6 Å². The van der Waals surface area contributed by atoms with Crippen molar-refractivity contribution in [3.8, 4) is 5.69 Å². The van der Waals surface area contributed by atoms with Gasteiger partial charge >= 0.3 is 0 Å². The predicted octanol–water partition coefficient (Wildman–Crippen LogP) is 2.89. The zero-order chi connectivity index (χ0) is 14.7. The standard InChI is InChI=1S/C14H20IN5/c1-9(2)14-17-7-13(20-8-11(15)5-18-20)12(19-14)6-16-10(3)4/h5,7-10,16H,6H2,1-4H3. The number of nitrogens with one attached hydrogen (secondary N) is 1. The average molecular weight is 385 g/mol. The SMILES string of the molecule is CC(C)NCc1nc(C(C)C)ncc1-n1cc(I)cn1. The van der Waals surface area contributed by atoms with Gasteiger partial charge in [0.2, 0.25) is 0 Å². The summed E-state index contributed by atoms with van der Waals surface area (Å²) in [6, 6.07) is 0.415. The van der Waals surface area contributed by atoms with E-state index in [1.165, 1.54) is 0 Å². The second-order valence-corrected chi connectivity index (χ2v) is 6.60. The van der Waals surface area contributed by atoms with Gasteiger partial charge in [0.25, 0.3) is 0 Å². The van der Waals surface area contributed by atoms with Crippen LogP contribution in [0.3, 0.4) is 0 Å². The van der Waals surface area contributed by atoms with Crippen molar-refractivity contribution >= 4 is 22.6 Å². The Morgan fingerprint density at radius 2 is 2.00 bits per heavy atom. The largest absolute Gasteiger partial charge is 0.309 e. The van der Waals surface area contributed by atoms with Gasteiger partial charge in [0.05, 0.1) is 21.7 Å². The Balaban J connectivity index is 2.38. The van der Waals surface area contributed by atoms with E-state index in [0.717, 1.165) is 20.8 Å². The van der Waals surface area contributed by atoms with Crippen LogP contribution in [0, 0.1) is 3.57 Å². The van der Waals surface area contributed by atoms with Gasteiger partial charge in [0.1, 0.15) is 11.5 Å². The number of rotatable bonds is 5. The van der Waals surface area contributed by atoms with Crippen LogP contribution in [0.1, 0.15) is 45.1 Å². The average Bonchev–Trinajstić information content (AvgIpc) is 2.82. The zero-order valence-electron chi connectivity index (χ0n) is 12.3. The molecule has 1 N–H and O–H groups in total. The number of hydrogen-bond donors (Lipinski definition) is 1. The lowest BCUT2D eigenvalue weighted by Crippen LogP contribution is -2.24. The Bertz CT molecular complexity index is 577. The molecule has 0 fully saturated rings. The lowest BCUT2D eigenvalue weighted by Gasteiger charge is -2.14. The molecule has 6 heteroatoms. The van der Waals surface area contributed by atoms with Crippen molar-refractivity contribution in [2.75, 3.05) is 0 Å². The molecule has 2 rings (SSSR count). The normalized spacial score (nSPS) is 11.6. The summed E-state index contributed by atoms with van der Waals surface area (Å²) in [4.78, 5) is 9.14. The molecule has 0 aliphatic rings. The first-order valence-corrected chi connectivity index (χ1v) is 7.85. The Morgan fingerprint density at radius 3 is 2.55 bits per heavy atom. The van der Waals surface area contributed by atoms with Crippen molar-refractivity contribution in [1.29, 1.82) is 0 Å². The molecule has 20 heavy (non-hydrogen) atoms. The maximum absolute atomic E-state index is 4.69. The van der Waals surface area contributed by atoms with Gasteiger partial charge in [-0.2, -0.15) is 5.10 Å². The van der Waals surface area contributed by atoms with Crippen molar-refractivity contribution in [1.82, 2.24) is 25.1 Å². The van der Waals surface area contributed by atoms with E-state index in [1.807, 2.05) is 23.3 Å². The minimum atomic E-state index is 0.319. The van der Waals surface area contributed by atoms with Gasteiger partial charge in [-0.05, 0) is 22.6 Å². The molecule has 2 heterocycles. The molecule has 0 spiro atoms. The molecule has 0 aliphatic heterocycles. The fraction of sp³-hybridized carbons (Fsp3) is 0.500. The summed E-state index contributed by atoms with van der Waals surface area (Å²) < 4.78 is 2.93. The van der Waals surface area contributed by atoms with Crippen LogP contribution in [0.5, 0.6) is 0 Å². The Labute approximate surface area is 133 Å². The van der Waals surface area contributed by atoms with Gasteiger partial charge in [-0.1, -0.05) is 27.7 Å².